The van der Waals surface area contributed by atoms with Crippen molar-refractivity contribution in [3.63, 3.8) is 0 Å². The standard InChI is InChI=1S/C20H12ClF3N2O2/c1-26(19(27)20(22,23)24)11-8-9-16-17(10-11)28-18(25-16)14-6-2-5-13-12(14)4-3-7-15(13)21/h2-10H,1H3. The van der Waals surface area contributed by atoms with Crippen molar-refractivity contribution in [3.05, 3.63) is 59.6 Å². The molecule has 4 nitrogen and oxygen atoms in total. The zero-order valence-corrected chi connectivity index (χ0v) is 15.2. The Morgan fingerprint density at radius 1 is 1.07 bits per heavy atom. The van der Waals surface area contributed by atoms with Crippen molar-refractivity contribution in [1.82, 2.24) is 4.98 Å². The van der Waals surface area contributed by atoms with Crippen LogP contribution in [0.2, 0.25) is 5.02 Å². The van der Waals surface area contributed by atoms with Crippen molar-refractivity contribution < 1.29 is 22.4 Å². The zero-order valence-electron chi connectivity index (χ0n) is 14.4. The largest absolute Gasteiger partial charge is 0.471 e. The third-order valence-corrected chi connectivity index (χ3v) is 4.74. The molecule has 0 spiro atoms. The van der Waals surface area contributed by atoms with Crippen LogP contribution < -0.4 is 4.90 Å². The summed E-state index contributed by atoms with van der Waals surface area (Å²) < 4.78 is 43.8. The van der Waals surface area contributed by atoms with Crippen molar-refractivity contribution >= 4 is 45.1 Å². The topological polar surface area (TPSA) is 46.3 Å². The molecule has 3 aromatic carbocycles. The minimum absolute atomic E-state index is 0.0542. The summed E-state index contributed by atoms with van der Waals surface area (Å²) in [6, 6.07) is 15.2. The number of benzene rings is 3. The van der Waals surface area contributed by atoms with Gasteiger partial charge in [0.05, 0.1) is 0 Å². The van der Waals surface area contributed by atoms with E-state index in [9.17, 15) is 18.0 Å². The Balaban J connectivity index is 1.80. The predicted octanol–water partition coefficient (Wildman–Crippen LogP) is 5.83. The van der Waals surface area contributed by atoms with Crippen LogP contribution in [0.3, 0.4) is 0 Å². The number of hydrogen-bond acceptors (Lipinski definition) is 3. The molecule has 4 aromatic rings. The molecule has 0 bridgehead atoms. The first-order valence-corrected chi connectivity index (χ1v) is 8.56. The minimum Gasteiger partial charge on any atom is -0.436 e. The Labute approximate surface area is 162 Å². The summed E-state index contributed by atoms with van der Waals surface area (Å²) in [4.78, 5) is 16.4. The molecule has 0 unspecified atom stereocenters. The summed E-state index contributed by atoms with van der Waals surface area (Å²) in [5.41, 5.74) is 1.50. The second-order valence-electron chi connectivity index (χ2n) is 6.17. The molecule has 0 atom stereocenters. The van der Waals surface area contributed by atoms with Crippen molar-refractivity contribution in [1.29, 1.82) is 0 Å². The van der Waals surface area contributed by atoms with Crippen LogP contribution >= 0.6 is 11.6 Å². The fraction of sp³-hybridized carbons (Fsp3) is 0.100. The molecule has 142 valence electrons. The lowest BCUT2D eigenvalue weighted by atomic mass is 10.0. The van der Waals surface area contributed by atoms with E-state index < -0.39 is 12.1 Å². The maximum absolute atomic E-state index is 12.7. The van der Waals surface area contributed by atoms with Crippen LogP contribution in [0.4, 0.5) is 18.9 Å². The van der Waals surface area contributed by atoms with E-state index in [0.717, 1.165) is 17.8 Å². The Morgan fingerprint density at radius 2 is 1.79 bits per heavy atom. The van der Waals surface area contributed by atoms with Gasteiger partial charge in [0.1, 0.15) is 5.52 Å². The van der Waals surface area contributed by atoms with Crippen molar-refractivity contribution in [2.75, 3.05) is 11.9 Å². The Bertz CT molecular complexity index is 1220. The average Bonchev–Trinajstić information content (AvgIpc) is 3.09. The molecule has 1 heterocycles. The summed E-state index contributed by atoms with van der Waals surface area (Å²) in [5, 5.41) is 2.26. The van der Waals surface area contributed by atoms with Crippen LogP contribution in [0.25, 0.3) is 33.3 Å². The maximum atomic E-state index is 12.7. The van der Waals surface area contributed by atoms with Crippen molar-refractivity contribution in [2.24, 2.45) is 0 Å². The minimum atomic E-state index is -4.96. The van der Waals surface area contributed by atoms with Gasteiger partial charge in [-0.1, -0.05) is 35.9 Å². The van der Waals surface area contributed by atoms with Gasteiger partial charge in [-0.3, -0.25) is 4.79 Å². The summed E-state index contributed by atoms with van der Waals surface area (Å²) in [5.74, 6) is -1.65. The number of nitrogens with zero attached hydrogens (tertiary/aromatic N) is 2. The van der Waals surface area contributed by atoms with Gasteiger partial charge in [-0.25, -0.2) is 4.98 Å². The van der Waals surface area contributed by atoms with Gasteiger partial charge in [0.2, 0.25) is 5.89 Å². The van der Waals surface area contributed by atoms with E-state index in [-0.39, 0.29) is 11.3 Å². The highest BCUT2D eigenvalue weighted by atomic mass is 35.5. The van der Waals surface area contributed by atoms with Crippen LogP contribution in [-0.4, -0.2) is 24.1 Å². The van der Waals surface area contributed by atoms with E-state index in [2.05, 4.69) is 4.98 Å². The third kappa shape index (κ3) is 3.07. The molecule has 0 aliphatic carbocycles. The van der Waals surface area contributed by atoms with Gasteiger partial charge < -0.3 is 9.32 Å². The second kappa shape index (κ2) is 6.53. The highest BCUT2D eigenvalue weighted by Gasteiger charge is 2.41. The monoisotopic (exact) mass is 404 g/mol. The van der Waals surface area contributed by atoms with Gasteiger partial charge in [-0.15, -0.1) is 0 Å². The number of rotatable bonds is 2. The lowest BCUT2D eigenvalue weighted by Gasteiger charge is -2.18. The van der Waals surface area contributed by atoms with Crippen LogP contribution in [0.1, 0.15) is 0 Å². The van der Waals surface area contributed by atoms with Gasteiger partial charge in [0.25, 0.3) is 0 Å². The molecular formula is C20H12ClF3N2O2. The fourth-order valence-electron chi connectivity index (χ4n) is 3.00. The molecule has 0 aliphatic rings. The molecule has 0 N–H and O–H groups in total. The summed E-state index contributed by atoms with van der Waals surface area (Å²) in [6.07, 6.45) is -4.96. The first-order chi connectivity index (χ1) is 13.3. The van der Waals surface area contributed by atoms with Crippen LogP contribution in [0.5, 0.6) is 0 Å². The third-order valence-electron chi connectivity index (χ3n) is 4.41. The molecule has 4 rings (SSSR count). The molecule has 0 radical (unpaired) electrons. The number of carbonyl (C=O) groups excluding carboxylic acids is 1. The maximum Gasteiger partial charge on any atom is 0.471 e. The first kappa shape index (κ1) is 18.3. The van der Waals surface area contributed by atoms with Crippen molar-refractivity contribution in [2.45, 2.75) is 6.18 Å². The van der Waals surface area contributed by atoms with Gasteiger partial charge in [-0.05, 0) is 29.7 Å². The lowest BCUT2D eigenvalue weighted by molar-refractivity contribution is -0.170. The van der Waals surface area contributed by atoms with E-state index in [1.807, 2.05) is 30.3 Å². The number of fused-ring (bicyclic) bond motifs is 2. The number of halogens is 4. The molecule has 28 heavy (non-hydrogen) atoms. The van der Waals surface area contributed by atoms with E-state index in [0.29, 0.717) is 26.9 Å². The van der Waals surface area contributed by atoms with Gasteiger partial charge in [0.15, 0.2) is 5.58 Å². The SMILES string of the molecule is CN(C(=O)C(F)(F)F)c1ccc2nc(-c3cccc4c(Cl)cccc34)oc2c1. The normalized spacial score (nSPS) is 11.9. The summed E-state index contributed by atoms with van der Waals surface area (Å²) in [6.45, 7) is 0. The van der Waals surface area contributed by atoms with E-state index in [1.54, 1.807) is 6.07 Å². The molecule has 0 saturated heterocycles. The Morgan fingerprint density at radius 3 is 2.54 bits per heavy atom. The number of alkyl halides is 3. The molecular weight excluding hydrogens is 393 g/mol. The predicted molar refractivity (Wildman–Crippen MR) is 101 cm³/mol. The average molecular weight is 405 g/mol. The van der Waals surface area contributed by atoms with E-state index in [1.165, 1.54) is 18.2 Å². The zero-order chi connectivity index (χ0) is 20.1. The lowest BCUT2D eigenvalue weighted by Crippen LogP contribution is -2.38. The Hall–Kier alpha value is -3.06. The van der Waals surface area contributed by atoms with Gasteiger partial charge >= 0.3 is 12.1 Å². The molecule has 1 amide bonds. The van der Waals surface area contributed by atoms with Crippen LogP contribution in [0.15, 0.2) is 59.0 Å². The number of aromatic nitrogens is 1. The Kier molecular flexibility index (Phi) is 4.27. The number of carbonyl (C=O) groups is 1. The molecule has 8 heteroatoms. The van der Waals surface area contributed by atoms with Crippen molar-refractivity contribution in [3.8, 4) is 11.5 Å². The number of amides is 1. The van der Waals surface area contributed by atoms with Crippen LogP contribution in [-0.2, 0) is 4.79 Å². The molecule has 0 fully saturated rings. The second-order valence-corrected chi connectivity index (χ2v) is 6.58. The van der Waals surface area contributed by atoms with E-state index in [4.69, 9.17) is 16.0 Å². The molecule has 0 aliphatic heterocycles. The smallest absolute Gasteiger partial charge is 0.436 e. The fourth-order valence-corrected chi connectivity index (χ4v) is 3.24. The highest BCUT2D eigenvalue weighted by molar-refractivity contribution is 6.35. The molecule has 0 saturated carbocycles. The summed E-state index contributed by atoms with van der Waals surface area (Å²) >= 11 is 6.24. The highest BCUT2D eigenvalue weighted by Crippen LogP contribution is 2.34. The van der Waals surface area contributed by atoms with Crippen LogP contribution in [0, 0.1) is 0 Å². The quantitative estimate of drug-likeness (QED) is 0.422. The van der Waals surface area contributed by atoms with Gasteiger partial charge in [-0.2, -0.15) is 13.2 Å². The first-order valence-electron chi connectivity index (χ1n) is 8.19. The van der Waals surface area contributed by atoms with Gasteiger partial charge in [0, 0.05) is 34.8 Å². The molecule has 1 aromatic heterocycles. The number of oxazole rings is 1. The number of hydrogen-bond donors (Lipinski definition) is 0. The van der Waals surface area contributed by atoms with E-state index >= 15 is 0 Å². The number of anilines is 1. The summed E-state index contributed by atoms with van der Waals surface area (Å²) in [7, 11) is 1.06.